The van der Waals surface area contributed by atoms with Gasteiger partial charge in [-0.25, -0.2) is 9.18 Å². The Balaban J connectivity index is 1.68. The van der Waals surface area contributed by atoms with Gasteiger partial charge in [-0.1, -0.05) is 60.7 Å². The van der Waals surface area contributed by atoms with E-state index in [9.17, 15) is 14.0 Å². The van der Waals surface area contributed by atoms with Crippen molar-refractivity contribution in [1.29, 1.82) is 0 Å². The summed E-state index contributed by atoms with van der Waals surface area (Å²) in [6.45, 7) is -0.815. The maximum absolute atomic E-state index is 13.6. The highest BCUT2D eigenvalue weighted by Gasteiger charge is 2.52. The average molecular weight is 398 g/mol. The largest absolute Gasteiger partial charge is 0.448 e. The van der Waals surface area contributed by atoms with E-state index in [1.165, 1.54) is 16.7 Å². The van der Waals surface area contributed by atoms with Crippen LogP contribution in [0.25, 0.3) is 0 Å². The van der Waals surface area contributed by atoms with Gasteiger partial charge in [0, 0.05) is 11.3 Å². The zero-order valence-corrected chi connectivity index (χ0v) is 15.8. The van der Waals surface area contributed by atoms with Crippen molar-refractivity contribution in [3.8, 4) is 0 Å². The molecule has 0 aromatic heterocycles. The molecule has 2 aromatic carbocycles. The number of carbonyl (C=O) groups is 2. The van der Waals surface area contributed by atoms with E-state index < -0.39 is 24.8 Å². The van der Waals surface area contributed by atoms with Crippen LogP contribution in [-0.2, 0) is 14.3 Å². The summed E-state index contributed by atoms with van der Waals surface area (Å²) in [5.41, 5.74) is 7.66. The average Bonchev–Trinajstić information content (AvgIpc) is 2.76. The first kappa shape index (κ1) is 18.7. The van der Waals surface area contributed by atoms with E-state index in [1.807, 2.05) is 60.7 Å². The molecule has 2 atom stereocenters. The summed E-state index contributed by atoms with van der Waals surface area (Å²) in [5, 5.41) is -0.350. The maximum Gasteiger partial charge on any atom is 0.356 e. The van der Waals surface area contributed by atoms with Crippen molar-refractivity contribution in [3.63, 3.8) is 0 Å². The van der Waals surface area contributed by atoms with Gasteiger partial charge in [0.2, 0.25) is 5.91 Å². The topological polar surface area (TPSA) is 72.6 Å². The second-order valence-corrected chi connectivity index (χ2v) is 7.73. The second-order valence-electron chi connectivity index (χ2n) is 6.63. The van der Waals surface area contributed by atoms with Crippen molar-refractivity contribution >= 4 is 23.6 Å². The lowest BCUT2D eigenvalue weighted by Gasteiger charge is -2.48. The second kappa shape index (κ2) is 7.77. The molecule has 1 unspecified atom stereocenters. The third-order valence-corrected chi connectivity index (χ3v) is 6.23. The van der Waals surface area contributed by atoms with Gasteiger partial charge >= 0.3 is 5.97 Å². The van der Waals surface area contributed by atoms with Crippen molar-refractivity contribution in [3.05, 3.63) is 83.1 Å². The molecule has 0 radical (unpaired) electrons. The number of nitrogens with two attached hydrogens (primary N) is 1. The van der Waals surface area contributed by atoms with Crippen LogP contribution >= 0.6 is 11.8 Å². The van der Waals surface area contributed by atoms with Gasteiger partial charge in [0.15, 0.2) is 6.10 Å². The van der Waals surface area contributed by atoms with E-state index in [0.717, 1.165) is 11.1 Å². The fourth-order valence-corrected chi connectivity index (χ4v) is 4.69. The summed E-state index contributed by atoms with van der Waals surface area (Å²) in [7, 11) is 0. The molecular formula is C21H19FN2O3S. The van der Waals surface area contributed by atoms with Gasteiger partial charge in [-0.2, -0.15) is 0 Å². The first-order valence-corrected chi connectivity index (χ1v) is 9.96. The molecule has 1 saturated heterocycles. The van der Waals surface area contributed by atoms with Crippen molar-refractivity contribution in [1.82, 2.24) is 4.90 Å². The Kier molecular flexibility index (Phi) is 5.19. The highest BCUT2D eigenvalue weighted by Crippen LogP contribution is 2.40. The van der Waals surface area contributed by atoms with Crippen molar-refractivity contribution in [2.45, 2.75) is 17.5 Å². The molecule has 5 nitrogen and oxygen atoms in total. The predicted molar refractivity (Wildman–Crippen MR) is 105 cm³/mol. The van der Waals surface area contributed by atoms with Crippen LogP contribution in [0.5, 0.6) is 0 Å². The molecule has 2 aliphatic rings. The Morgan fingerprint density at radius 2 is 1.71 bits per heavy atom. The number of carbonyl (C=O) groups excluding carboxylic acids is 2. The molecule has 2 heterocycles. The molecule has 1 fully saturated rings. The van der Waals surface area contributed by atoms with Crippen LogP contribution in [0.4, 0.5) is 4.39 Å². The lowest BCUT2D eigenvalue weighted by molar-refractivity contribution is -0.153. The fraction of sp³-hybridized carbons (Fsp3) is 0.238. The number of amides is 1. The van der Waals surface area contributed by atoms with E-state index in [2.05, 4.69) is 0 Å². The van der Waals surface area contributed by atoms with Crippen molar-refractivity contribution < 1.29 is 18.7 Å². The third kappa shape index (κ3) is 3.21. The minimum atomic E-state index is -0.815. The molecule has 144 valence electrons. The summed E-state index contributed by atoms with van der Waals surface area (Å²) >= 11 is 1.36. The molecule has 0 spiro atoms. The number of nitrogens with zero attached hydrogens (tertiary/aromatic N) is 1. The van der Waals surface area contributed by atoms with Gasteiger partial charge in [0.1, 0.15) is 23.8 Å². The van der Waals surface area contributed by atoms with E-state index in [1.54, 1.807) is 0 Å². The minimum Gasteiger partial charge on any atom is -0.448 e. The third-order valence-electron chi connectivity index (χ3n) is 4.87. The molecule has 2 aromatic rings. The van der Waals surface area contributed by atoms with Gasteiger partial charge in [-0.3, -0.25) is 9.69 Å². The smallest absolute Gasteiger partial charge is 0.356 e. The predicted octanol–water partition coefficient (Wildman–Crippen LogP) is 2.79. The number of esters is 1. The van der Waals surface area contributed by atoms with Crippen molar-refractivity contribution in [2.24, 2.45) is 5.73 Å². The Bertz CT molecular complexity index is 880. The zero-order chi connectivity index (χ0) is 19.7. The molecule has 28 heavy (non-hydrogen) atoms. The van der Waals surface area contributed by atoms with E-state index >= 15 is 0 Å². The van der Waals surface area contributed by atoms with E-state index in [4.69, 9.17) is 10.5 Å². The van der Waals surface area contributed by atoms with Crippen LogP contribution < -0.4 is 5.73 Å². The zero-order valence-electron chi connectivity index (χ0n) is 15.0. The van der Waals surface area contributed by atoms with Gasteiger partial charge in [-0.05, 0) is 11.1 Å². The Hall–Kier alpha value is -2.64. The summed E-state index contributed by atoms with van der Waals surface area (Å²) in [6, 6.07) is 18.0. The van der Waals surface area contributed by atoms with Crippen LogP contribution in [0, 0.1) is 0 Å². The summed E-state index contributed by atoms with van der Waals surface area (Å²) in [6.07, 6.45) is -0.665. The van der Waals surface area contributed by atoms with Gasteiger partial charge in [0.25, 0.3) is 0 Å². The highest BCUT2D eigenvalue weighted by molar-refractivity contribution is 8.00. The molecule has 2 N–H and O–H groups in total. The standard InChI is InChI=1S/C21H19FN2O3S/c22-11-15-12-28-20-16(23)19(25)24(20)17(15)21(26)27-18(13-7-3-1-4-8-13)14-9-5-2-6-10-14/h1-10,16,18,20H,11-12,23H2/t16?,20-/m1/s1. The monoisotopic (exact) mass is 398 g/mol. The highest BCUT2D eigenvalue weighted by atomic mass is 32.2. The van der Waals surface area contributed by atoms with Crippen LogP contribution in [0.2, 0.25) is 0 Å². The molecule has 4 rings (SSSR count). The van der Waals surface area contributed by atoms with Crippen molar-refractivity contribution in [2.75, 3.05) is 12.4 Å². The molecule has 7 heteroatoms. The quantitative estimate of drug-likeness (QED) is 0.619. The molecule has 2 aliphatic heterocycles. The van der Waals surface area contributed by atoms with Crippen LogP contribution in [0.15, 0.2) is 71.9 Å². The number of thioether (sulfide) groups is 1. The fourth-order valence-electron chi connectivity index (χ4n) is 3.42. The molecular weight excluding hydrogens is 379 g/mol. The van der Waals surface area contributed by atoms with Crippen LogP contribution in [0.3, 0.4) is 0 Å². The first-order valence-electron chi connectivity index (χ1n) is 8.91. The van der Waals surface area contributed by atoms with Gasteiger partial charge < -0.3 is 10.5 Å². The lowest BCUT2D eigenvalue weighted by Crippen LogP contribution is -2.68. The number of hydrogen-bond acceptors (Lipinski definition) is 5. The maximum atomic E-state index is 13.6. The van der Waals surface area contributed by atoms with Crippen LogP contribution in [0.1, 0.15) is 17.2 Å². The Morgan fingerprint density at radius 3 is 2.25 bits per heavy atom. The Morgan fingerprint density at radius 1 is 1.14 bits per heavy atom. The minimum absolute atomic E-state index is 0.00480. The van der Waals surface area contributed by atoms with E-state index in [-0.39, 0.29) is 22.6 Å². The number of β-lactam (4-membered cyclic amide) rings is 1. The summed E-state index contributed by atoms with van der Waals surface area (Å²) in [4.78, 5) is 26.6. The number of ether oxygens (including phenoxy) is 1. The number of rotatable bonds is 5. The summed E-state index contributed by atoms with van der Waals surface area (Å²) in [5.74, 6) is -0.785. The van der Waals surface area contributed by atoms with Crippen LogP contribution in [-0.4, -0.2) is 40.6 Å². The molecule has 1 amide bonds. The molecule has 0 aliphatic carbocycles. The summed E-state index contributed by atoms with van der Waals surface area (Å²) < 4.78 is 19.4. The van der Waals surface area contributed by atoms with E-state index in [0.29, 0.717) is 5.75 Å². The number of benzene rings is 2. The number of halogens is 1. The number of fused-ring (bicyclic) bond motifs is 1. The Labute approximate surface area is 166 Å². The first-order chi connectivity index (χ1) is 13.6. The normalized spacial score (nSPS) is 21.4. The molecule has 0 saturated carbocycles. The van der Waals surface area contributed by atoms with Gasteiger partial charge in [-0.15, -0.1) is 11.8 Å². The molecule has 0 bridgehead atoms. The number of alkyl halides is 1. The SMILES string of the molecule is NC1C(=O)N2C(C(=O)OC(c3ccccc3)c3ccccc3)=C(CF)CS[C@H]12. The number of hydrogen-bond donors (Lipinski definition) is 1. The lowest BCUT2D eigenvalue weighted by atomic mass is 10.0. The van der Waals surface area contributed by atoms with Gasteiger partial charge in [0.05, 0.1) is 0 Å².